The van der Waals surface area contributed by atoms with Crippen LogP contribution in [0.3, 0.4) is 0 Å². The maximum absolute atomic E-state index is 15.1. The smallest absolute Gasteiger partial charge is 0.326 e. The largest absolute Gasteiger partial charge is 0.480 e. The number of nitrogens with zero attached hydrogens (tertiary/aromatic N) is 2. The summed E-state index contributed by atoms with van der Waals surface area (Å²) < 4.78 is 14.1. The van der Waals surface area contributed by atoms with E-state index in [1.807, 2.05) is 6.07 Å². The number of ketones is 1. The van der Waals surface area contributed by atoms with Gasteiger partial charge < -0.3 is 70.6 Å². The van der Waals surface area contributed by atoms with E-state index < -0.39 is 71.5 Å². The van der Waals surface area contributed by atoms with Gasteiger partial charge in [-0.15, -0.1) is 0 Å². The first-order valence-electron chi connectivity index (χ1n) is 29.9. The Morgan fingerprint density at radius 2 is 1.13 bits per heavy atom. The number of unbranched alkanes of at least 4 members (excludes halogenated alkanes) is 1. The van der Waals surface area contributed by atoms with Gasteiger partial charge in [-0.3, -0.25) is 38.6 Å². The van der Waals surface area contributed by atoms with Crippen LogP contribution in [0.1, 0.15) is 89.5 Å². The fourth-order valence-corrected chi connectivity index (χ4v) is 11.9. The molecule has 2 aliphatic heterocycles. The highest BCUT2D eigenvalue weighted by molar-refractivity contribution is 8.00. The summed E-state index contributed by atoms with van der Waals surface area (Å²) in [6.45, 7) is 0.120. The average Bonchev–Trinajstić information content (AvgIpc) is 2.41. The SMILES string of the molecule is NC(N)=NCCC[C@H](NC(=O)[C@H](Cc1ccc(C(=O)c2ccccc2)cc1)NC(=O)[C@H](Cc1ccc(N=C(N)N)cc1)NC(=O)[C@H](Cc1ccc(F)cc1)NC(=O)/C=C/c1ccccc1)C(=O)N[C@@H](CCCNC(=O)CCCC[C@H]1SC[C@H]2NC(=O)N[C@H]21)C(=O)O. The molecule has 2 heterocycles. The van der Waals surface area contributed by atoms with Gasteiger partial charge in [0.2, 0.25) is 35.4 Å². The summed E-state index contributed by atoms with van der Waals surface area (Å²) in [6.07, 6.45) is 4.65. The number of fused-ring (bicyclic) bond motifs is 1. The normalized spacial score (nSPS) is 16.4. The number of carboxylic acid groups (broad SMARTS) is 1. The highest BCUT2D eigenvalue weighted by Crippen LogP contribution is 2.33. The van der Waals surface area contributed by atoms with E-state index >= 15 is 4.79 Å². The van der Waals surface area contributed by atoms with E-state index in [0.717, 1.165) is 18.6 Å². The molecule has 480 valence electrons. The number of nitrogens with one attached hydrogen (secondary N) is 8. The second-order valence-corrected chi connectivity index (χ2v) is 23.3. The summed E-state index contributed by atoms with van der Waals surface area (Å²) in [5.41, 5.74) is 25.6. The molecule has 8 atom stereocenters. The van der Waals surface area contributed by atoms with E-state index in [9.17, 15) is 47.9 Å². The van der Waals surface area contributed by atoms with Crippen molar-refractivity contribution < 1.29 is 52.6 Å². The van der Waals surface area contributed by atoms with Crippen LogP contribution in [0, 0.1) is 5.82 Å². The molecular formula is C65H77FN14O10S. The molecule has 0 unspecified atom stereocenters. The number of carboxylic acids is 1. The Labute approximate surface area is 530 Å². The van der Waals surface area contributed by atoms with Gasteiger partial charge in [0.1, 0.15) is 36.0 Å². The number of rotatable bonds is 34. The highest BCUT2D eigenvalue weighted by Gasteiger charge is 2.42. The van der Waals surface area contributed by atoms with Crippen LogP contribution >= 0.6 is 11.8 Å². The van der Waals surface area contributed by atoms with Crippen molar-refractivity contribution in [1.29, 1.82) is 0 Å². The van der Waals surface area contributed by atoms with Crippen molar-refractivity contribution in [2.75, 3.05) is 18.8 Å². The third-order valence-corrected chi connectivity index (χ3v) is 16.6. The Balaban J connectivity index is 1.11. The number of thioether (sulfide) groups is 1. The average molecular weight is 1270 g/mol. The Hall–Kier alpha value is -10.1. The number of carbonyl (C=O) groups is 9. The van der Waals surface area contributed by atoms with Crippen LogP contribution in [0.15, 0.2) is 150 Å². The molecule has 2 saturated heterocycles. The molecule has 5 aromatic rings. The summed E-state index contributed by atoms with van der Waals surface area (Å²) in [5, 5.41) is 32.7. The third kappa shape index (κ3) is 22.5. The molecule has 2 fully saturated rings. The zero-order chi connectivity index (χ0) is 65.2. The summed E-state index contributed by atoms with van der Waals surface area (Å²) in [4.78, 5) is 131. The molecule has 5 aromatic carbocycles. The van der Waals surface area contributed by atoms with Crippen LogP contribution in [0.4, 0.5) is 14.9 Å². The number of aliphatic imine (C=N–C) groups is 2. The fraction of sp³-hybridized carbons (Fsp3) is 0.338. The van der Waals surface area contributed by atoms with E-state index in [4.69, 9.17) is 22.9 Å². The molecule has 26 heteroatoms. The lowest BCUT2D eigenvalue weighted by Gasteiger charge is -2.27. The molecule has 0 aromatic heterocycles. The lowest BCUT2D eigenvalue weighted by Crippen LogP contribution is -2.59. The van der Waals surface area contributed by atoms with E-state index in [1.54, 1.807) is 121 Å². The molecular weight excluding hydrogens is 1190 g/mol. The third-order valence-electron chi connectivity index (χ3n) is 15.1. The van der Waals surface area contributed by atoms with E-state index in [1.165, 1.54) is 30.3 Å². The van der Waals surface area contributed by atoms with Crippen molar-refractivity contribution in [3.05, 3.63) is 179 Å². The number of halogens is 1. The van der Waals surface area contributed by atoms with Gasteiger partial charge in [-0.25, -0.2) is 19.0 Å². The minimum Gasteiger partial charge on any atom is -0.480 e. The monoisotopic (exact) mass is 1260 g/mol. The quantitative estimate of drug-likeness (QED) is 0.00703. The maximum Gasteiger partial charge on any atom is 0.326 e. The van der Waals surface area contributed by atoms with Gasteiger partial charge in [-0.2, -0.15) is 11.8 Å². The van der Waals surface area contributed by atoms with Crippen molar-refractivity contribution >= 4 is 88.7 Å². The molecule has 0 aliphatic carbocycles. The molecule has 2 aliphatic rings. The van der Waals surface area contributed by atoms with Crippen molar-refractivity contribution in [2.24, 2.45) is 32.9 Å². The molecule has 7 rings (SSSR count). The number of carbonyl (C=O) groups excluding carboxylic acids is 8. The molecule has 0 spiro atoms. The second-order valence-electron chi connectivity index (χ2n) is 22.0. The van der Waals surface area contributed by atoms with Crippen molar-refractivity contribution in [2.45, 2.75) is 118 Å². The van der Waals surface area contributed by atoms with Crippen molar-refractivity contribution in [3.8, 4) is 0 Å². The number of nitrogens with two attached hydrogens (primary N) is 4. The van der Waals surface area contributed by atoms with Crippen LogP contribution < -0.4 is 65.5 Å². The lowest BCUT2D eigenvalue weighted by atomic mass is 9.98. The van der Waals surface area contributed by atoms with Crippen molar-refractivity contribution in [3.63, 3.8) is 0 Å². The van der Waals surface area contributed by atoms with Crippen LogP contribution in [0.2, 0.25) is 0 Å². The van der Waals surface area contributed by atoms with Crippen LogP contribution in [-0.4, -0.2) is 137 Å². The molecule has 0 bridgehead atoms. The van der Waals surface area contributed by atoms with E-state index in [-0.39, 0.29) is 111 Å². The van der Waals surface area contributed by atoms with Crippen LogP contribution in [-0.2, 0) is 52.8 Å². The van der Waals surface area contributed by atoms with Gasteiger partial charge >= 0.3 is 12.0 Å². The molecule has 8 amide bonds. The maximum atomic E-state index is 15.1. The Morgan fingerprint density at radius 1 is 0.604 bits per heavy atom. The zero-order valence-corrected chi connectivity index (χ0v) is 50.8. The number of hydrogen-bond donors (Lipinski definition) is 13. The van der Waals surface area contributed by atoms with E-state index in [0.29, 0.717) is 45.5 Å². The fourth-order valence-electron chi connectivity index (χ4n) is 10.3. The number of guanidine groups is 2. The molecule has 0 radical (unpaired) electrons. The van der Waals surface area contributed by atoms with E-state index in [2.05, 4.69) is 52.5 Å². The Bertz CT molecular complexity index is 3410. The van der Waals surface area contributed by atoms with Gasteiger partial charge in [-0.05, 0) is 91.1 Å². The first kappa shape index (κ1) is 68.4. The summed E-state index contributed by atoms with van der Waals surface area (Å²) in [7, 11) is 0. The summed E-state index contributed by atoms with van der Waals surface area (Å²) in [5.74, 6) is -6.26. The highest BCUT2D eigenvalue weighted by atomic mass is 32.2. The molecule has 0 saturated carbocycles. The first-order chi connectivity index (χ1) is 43.8. The molecule has 91 heavy (non-hydrogen) atoms. The number of amides is 8. The predicted molar refractivity (Wildman–Crippen MR) is 345 cm³/mol. The van der Waals surface area contributed by atoms with Gasteiger partial charge in [-0.1, -0.05) is 116 Å². The predicted octanol–water partition coefficient (Wildman–Crippen LogP) is 2.89. The first-order valence-corrected chi connectivity index (χ1v) is 30.9. The summed E-state index contributed by atoms with van der Waals surface area (Å²) >= 11 is 1.79. The number of urea groups is 1. The molecule has 17 N–H and O–H groups in total. The number of benzene rings is 5. The standard InChI is InChI=1S/C65H77FN14O10S/c66-45-28-21-41(22-29-45)35-49(74-55(82)32-25-39-11-3-1-4-12-39)59(85)77-51(37-42-23-30-46(31-24-42)73-64(69)70)61(87)78-50(36-40-19-26-44(27-20-40)57(83)43-13-5-2-6-14-43)60(86)75-47(15-9-34-72-63(67)68)58(84)76-48(62(88)89)16-10-33-71-54(81)18-8-7-17-53-56-52(38-91-53)79-65(90)80-56/h1-6,11-14,19-32,47-53,56H,7-10,15-18,33-38H2,(H,71,81)(H,74,82)(H,75,86)(H,76,84)(H,77,85)(H,78,87)(H,88,89)(H4,67,68,72)(H4,69,70,73)(H2,79,80,90)/b32-25+/t47-,48-,49-,50-,51-,52+,53+,56+/m0/s1. The minimum atomic E-state index is -1.54. The molecule has 24 nitrogen and oxygen atoms in total. The lowest BCUT2D eigenvalue weighted by molar-refractivity contribution is -0.142. The van der Waals surface area contributed by atoms with Gasteiger partial charge in [0.15, 0.2) is 17.7 Å². The van der Waals surface area contributed by atoms with Crippen LogP contribution in [0.5, 0.6) is 0 Å². The van der Waals surface area contributed by atoms with Crippen molar-refractivity contribution in [1.82, 2.24) is 42.5 Å². The van der Waals surface area contributed by atoms with Gasteiger partial charge in [0.25, 0.3) is 0 Å². The topological polar surface area (TPSA) is 399 Å². The zero-order valence-electron chi connectivity index (χ0n) is 50.0. The van der Waals surface area contributed by atoms with Gasteiger partial charge in [0, 0.05) is 67.0 Å². The van der Waals surface area contributed by atoms with Gasteiger partial charge in [0.05, 0.1) is 17.8 Å². The minimum absolute atomic E-state index is 0.00865. The number of aliphatic carboxylic acids is 1. The van der Waals surface area contributed by atoms with Crippen LogP contribution in [0.25, 0.3) is 6.08 Å². The summed E-state index contributed by atoms with van der Waals surface area (Å²) in [6, 6.07) is 28.1. The Kier molecular flexibility index (Phi) is 26.0. The Morgan fingerprint density at radius 3 is 1.73 bits per heavy atom. The number of hydrogen-bond acceptors (Lipinski definition) is 12. The second kappa shape index (κ2) is 34.6.